The molecule has 0 radical (unpaired) electrons. The highest BCUT2D eigenvalue weighted by molar-refractivity contribution is 5.60. The maximum atomic E-state index is 5.70. The molecule has 0 spiro atoms. The Labute approximate surface area is 215 Å². The fourth-order valence-corrected chi connectivity index (χ4v) is 5.57. The Balaban J connectivity index is 1.35. The largest absolute Gasteiger partial charge is 0.490 e. The van der Waals surface area contributed by atoms with Crippen LogP contribution in [0.3, 0.4) is 0 Å². The summed E-state index contributed by atoms with van der Waals surface area (Å²) < 4.78 is 5.70. The Hall–Kier alpha value is -1.90. The average Bonchev–Trinajstić information content (AvgIpc) is 2.88. The van der Waals surface area contributed by atoms with Crippen LogP contribution in [0.4, 0.5) is 0 Å². The van der Waals surface area contributed by atoms with Crippen molar-refractivity contribution < 1.29 is 4.74 Å². The highest BCUT2D eigenvalue weighted by atomic mass is 16.5. The van der Waals surface area contributed by atoms with E-state index < -0.39 is 0 Å². The van der Waals surface area contributed by atoms with Crippen LogP contribution in [-0.4, -0.2) is 16.6 Å². The molecule has 0 amide bonds. The second kappa shape index (κ2) is 16.0. The predicted octanol–water partition coefficient (Wildman–Crippen LogP) is 9.51. The van der Waals surface area contributed by atoms with Crippen LogP contribution in [0.15, 0.2) is 30.6 Å². The van der Waals surface area contributed by atoms with Crippen LogP contribution >= 0.6 is 0 Å². The molecule has 0 unspecified atom stereocenters. The zero-order chi connectivity index (χ0) is 24.7. The molecule has 1 aliphatic carbocycles. The van der Waals surface area contributed by atoms with Crippen molar-refractivity contribution >= 4 is 0 Å². The molecule has 0 bridgehead atoms. The van der Waals surface area contributed by atoms with Crippen LogP contribution in [-0.2, 0) is 6.42 Å². The van der Waals surface area contributed by atoms with Gasteiger partial charge in [-0.2, -0.15) is 0 Å². The molecule has 1 aromatic heterocycles. The van der Waals surface area contributed by atoms with Crippen LogP contribution < -0.4 is 4.74 Å². The van der Waals surface area contributed by atoms with Gasteiger partial charge < -0.3 is 4.74 Å². The fourth-order valence-electron chi connectivity index (χ4n) is 5.57. The van der Waals surface area contributed by atoms with Gasteiger partial charge in [-0.1, -0.05) is 116 Å². The molecule has 35 heavy (non-hydrogen) atoms. The minimum Gasteiger partial charge on any atom is -0.490 e. The molecule has 0 saturated heterocycles. The van der Waals surface area contributed by atoms with Crippen LogP contribution in [0.5, 0.6) is 5.75 Å². The van der Waals surface area contributed by atoms with E-state index in [1.807, 2.05) is 0 Å². The predicted molar refractivity (Wildman–Crippen MR) is 149 cm³/mol. The minimum absolute atomic E-state index is 0.730. The molecule has 2 aromatic rings. The van der Waals surface area contributed by atoms with Crippen molar-refractivity contribution in [1.29, 1.82) is 0 Å². The smallest absolute Gasteiger partial charge is 0.159 e. The van der Waals surface area contributed by atoms with Gasteiger partial charge in [0.05, 0.1) is 19.0 Å². The van der Waals surface area contributed by atoms with Crippen molar-refractivity contribution in [3.63, 3.8) is 0 Å². The molecule has 1 saturated carbocycles. The summed E-state index contributed by atoms with van der Waals surface area (Å²) in [6, 6.07) is 6.83. The summed E-state index contributed by atoms with van der Waals surface area (Å²) in [5, 5.41) is 0. The number of aryl methyl sites for hydroxylation is 2. The second-order valence-corrected chi connectivity index (χ2v) is 10.9. The zero-order valence-electron chi connectivity index (χ0n) is 22.9. The molecule has 1 aromatic carbocycles. The third-order valence-corrected chi connectivity index (χ3v) is 7.95. The van der Waals surface area contributed by atoms with Crippen molar-refractivity contribution in [2.75, 3.05) is 6.61 Å². The molecule has 3 heteroatoms. The van der Waals surface area contributed by atoms with Gasteiger partial charge in [0.1, 0.15) is 0 Å². The first-order valence-corrected chi connectivity index (χ1v) is 14.7. The molecule has 1 heterocycles. The normalized spacial score (nSPS) is 18.0. The van der Waals surface area contributed by atoms with E-state index in [4.69, 9.17) is 4.74 Å². The quantitative estimate of drug-likeness (QED) is 0.225. The molecule has 1 aliphatic rings. The van der Waals surface area contributed by atoms with E-state index >= 15 is 0 Å². The van der Waals surface area contributed by atoms with Gasteiger partial charge in [0.25, 0.3) is 0 Å². The van der Waals surface area contributed by atoms with E-state index in [1.165, 1.54) is 101 Å². The van der Waals surface area contributed by atoms with Crippen molar-refractivity contribution in [3.8, 4) is 17.1 Å². The summed E-state index contributed by atoms with van der Waals surface area (Å²) in [5.74, 6) is 3.47. The summed E-state index contributed by atoms with van der Waals surface area (Å²) >= 11 is 0. The van der Waals surface area contributed by atoms with Gasteiger partial charge in [0.2, 0.25) is 0 Å². The number of benzene rings is 1. The number of ether oxygens (including phenoxy) is 1. The third kappa shape index (κ3) is 9.94. The lowest BCUT2D eigenvalue weighted by atomic mass is 9.77. The lowest BCUT2D eigenvalue weighted by Crippen LogP contribution is -2.15. The van der Waals surface area contributed by atoms with Crippen molar-refractivity contribution in [3.05, 3.63) is 41.7 Å². The first-order chi connectivity index (χ1) is 17.2. The molecule has 3 rings (SSSR count). The van der Waals surface area contributed by atoms with Gasteiger partial charge in [-0.3, -0.25) is 0 Å². The van der Waals surface area contributed by atoms with E-state index in [-0.39, 0.29) is 0 Å². The second-order valence-electron chi connectivity index (χ2n) is 10.9. The SMILES string of the molecule is CCCCCCCCC[C@H]1CC[C@H](CCc2ccc(-c3ncc(OCCCC)cn3)c(C)c2)CC1. The van der Waals surface area contributed by atoms with E-state index in [2.05, 4.69) is 48.9 Å². The molecule has 0 atom stereocenters. The first-order valence-electron chi connectivity index (χ1n) is 14.7. The number of hydrogen-bond acceptors (Lipinski definition) is 3. The highest BCUT2D eigenvalue weighted by Crippen LogP contribution is 2.34. The number of rotatable bonds is 16. The molecular weight excluding hydrogens is 428 g/mol. The van der Waals surface area contributed by atoms with Crippen LogP contribution in [0.25, 0.3) is 11.4 Å². The summed E-state index contributed by atoms with van der Waals surface area (Å²) in [4.78, 5) is 9.10. The van der Waals surface area contributed by atoms with Gasteiger partial charge in [-0.25, -0.2) is 9.97 Å². The highest BCUT2D eigenvalue weighted by Gasteiger charge is 2.20. The zero-order valence-corrected chi connectivity index (χ0v) is 22.9. The standard InChI is InChI=1S/C32H50N2O/c1-4-6-8-9-10-11-12-13-27-14-16-28(17-15-27)18-19-29-20-21-31(26(3)23-29)32-33-24-30(25-34-32)35-22-7-5-2/h20-21,23-25,27-28H,4-19,22H2,1-3H3/t27-,28-. The van der Waals surface area contributed by atoms with Crippen molar-refractivity contribution in [2.24, 2.45) is 11.8 Å². The first kappa shape index (κ1) is 27.7. The third-order valence-electron chi connectivity index (χ3n) is 7.95. The van der Waals surface area contributed by atoms with Crippen LogP contribution in [0.1, 0.15) is 121 Å². The van der Waals surface area contributed by atoms with E-state index in [9.17, 15) is 0 Å². The summed E-state index contributed by atoms with van der Waals surface area (Å²) in [5.41, 5.74) is 3.84. The number of unbranched alkanes of at least 4 members (excludes halogenated alkanes) is 7. The Morgan fingerprint density at radius 3 is 2.06 bits per heavy atom. The monoisotopic (exact) mass is 478 g/mol. The van der Waals surface area contributed by atoms with Gasteiger partial charge in [-0.05, 0) is 49.1 Å². The van der Waals surface area contributed by atoms with Crippen molar-refractivity contribution in [1.82, 2.24) is 9.97 Å². The maximum Gasteiger partial charge on any atom is 0.159 e. The number of nitrogens with zero attached hydrogens (tertiary/aromatic N) is 2. The van der Waals surface area contributed by atoms with Crippen LogP contribution in [0, 0.1) is 18.8 Å². The number of aromatic nitrogens is 2. The Morgan fingerprint density at radius 2 is 1.40 bits per heavy atom. The van der Waals surface area contributed by atoms with Crippen molar-refractivity contribution in [2.45, 2.75) is 124 Å². The molecular formula is C32H50N2O. The summed E-state index contributed by atoms with van der Waals surface area (Å²) in [7, 11) is 0. The average molecular weight is 479 g/mol. The Morgan fingerprint density at radius 1 is 0.771 bits per heavy atom. The number of hydrogen-bond donors (Lipinski definition) is 0. The van der Waals surface area contributed by atoms with Gasteiger partial charge in [0, 0.05) is 5.56 Å². The lowest BCUT2D eigenvalue weighted by molar-refractivity contribution is 0.248. The Kier molecular flexibility index (Phi) is 12.6. The maximum absolute atomic E-state index is 5.70. The molecule has 0 N–H and O–H groups in total. The van der Waals surface area contributed by atoms with E-state index in [0.717, 1.165) is 48.4 Å². The van der Waals surface area contributed by atoms with Crippen LogP contribution in [0.2, 0.25) is 0 Å². The Bertz CT molecular complexity index is 824. The van der Waals surface area contributed by atoms with E-state index in [0.29, 0.717) is 0 Å². The topological polar surface area (TPSA) is 35.0 Å². The lowest BCUT2D eigenvalue weighted by Gasteiger charge is -2.28. The molecule has 1 fully saturated rings. The molecule has 0 aliphatic heterocycles. The van der Waals surface area contributed by atoms with Gasteiger partial charge >= 0.3 is 0 Å². The molecule has 194 valence electrons. The van der Waals surface area contributed by atoms with Gasteiger partial charge in [-0.15, -0.1) is 0 Å². The summed E-state index contributed by atoms with van der Waals surface area (Å²) in [6.45, 7) is 7.38. The summed E-state index contributed by atoms with van der Waals surface area (Å²) in [6.07, 6.45) is 25.7. The van der Waals surface area contributed by atoms with E-state index in [1.54, 1.807) is 12.4 Å². The fraction of sp³-hybridized carbons (Fsp3) is 0.688. The minimum atomic E-state index is 0.730. The molecule has 3 nitrogen and oxygen atoms in total. The van der Waals surface area contributed by atoms with Gasteiger partial charge in [0.15, 0.2) is 11.6 Å².